The number of hydrogen-bond acceptors (Lipinski definition) is 3. The van der Waals surface area contributed by atoms with Gasteiger partial charge in [0.15, 0.2) is 0 Å². The van der Waals surface area contributed by atoms with E-state index in [9.17, 15) is 8.42 Å². The number of aryl methyl sites for hydroxylation is 2. The molecule has 6 heteroatoms. The van der Waals surface area contributed by atoms with Crippen molar-refractivity contribution in [3.05, 3.63) is 83.4 Å². The first-order chi connectivity index (χ1) is 14.9. The first-order valence-electron chi connectivity index (χ1n) is 11.1. The molecule has 0 bridgehead atoms. The van der Waals surface area contributed by atoms with Crippen molar-refractivity contribution in [1.82, 2.24) is 13.9 Å². The summed E-state index contributed by atoms with van der Waals surface area (Å²) >= 11 is 0. The normalized spacial score (nSPS) is 15.5. The van der Waals surface area contributed by atoms with Crippen LogP contribution >= 0.6 is 0 Å². The van der Waals surface area contributed by atoms with Gasteiger partial charge in [-0.2, -0.15) is 4.31 Å². The standard InChI is InChI=1S/C25H31N3O2S/c1-20-12-14-24(15-13-20)31(29,30)28(23-10-4-3-5-11-23)19-25-26-16-17-27(25)18-22-9-7-6-8-21(22)2/h6-9,12-17,23H,3-5,10-11,18-19H2,1-2H3. The molecule has 1 saturated carbocycles. The third-order valence-electron chi connectivity index (χ3n) is 6.31. The highest BCUT2D eigenvalue weighted by Gasteiger charge is 2.33. The molecule has 5 nitrogen and oxygen atoms in total. The van der Waals surface area contributed by atoms with Gasteiger partial charge < -0.3 is 4.57 Å². The van der Waals surface area contributed by atoms with Crippen LogP contribution in [0, 0.1) is 13.8 Å². The summed E-state index contributed by atoms with van der Waals surface area (Å²) in [7, 11) is -3.61. The molecule has 4 rings (SSSR count). The average molecular weight is 438 g/mol. The summed E-state index contributed by atoms with van der Waals surface area (Å²) in [6.45, 7) is 5.05. The van der Waals surface area contributed by atoms with E-state index in [2.05, 4.69) is 28.6 Å². The molecule has 1 aliphatic rings. The molecule has 1 aliphatic carbocycles. The fourth-order valence-corrected chi connectivity index (χ4v) is 6.01. The van der Waals surface area contributed by atoms with Crippen molar-refractivity contribution in [3.8, 4) is 0 Å². The van der Waals surface area contributed by atoms with E-state index in [1.807, 2.05) is 37.4 Å². The summed E-state index contributed by atoms with van der Waals surface area (Å²) < 4.78 is 31.1. The lowest BCUT2D eigenvalue weighted by atomic mass is 9.95. The summed E-state index contributed by atoms with van der Waals surface area (Å²) in [5.74, 6) is 0.782. The fraction of sp³-hybridized carbons (Fsp3) is 0.400. The van der Waals surface area contributed by atoms with E-state index in [0.717, 1.165) is 37.1 Å². The van der Waals surface area contributed by atoms with Crippen LogP contribution in [-0.4, -0.2) is 28.3 Å². The molecule has 2 aromatic carbocycles. The zero-order valence-corrected chi connectivity index (χ0v) is 19.2. The molecule has 31 heavy (non-hydrogen) atoms. The van der Waals surface area contributed by atoms with Crippen LogP contribution in [0.25, 0.3) is 0 Å². The third kappa shape index (κ3) is 4.91. The summed E-state index contributed by atoms with van der Waals surface area (Å²) in [4.78, 5) is 4.92. The van der Waals surface area contributed by atoms with Crippen molar-refractivity contribution in [2.45, 2.75) is 70.0 Å². The maximum atomic E-state index is 13.7. The predicted octanol–water partition coefficient (Wildman–Crippen LogP) is 5.07. The molecule has 3 aromatic rings. The van der Waals surface area contributed by atoms with Gasteiger partial charge in [-0.1, -0.05) is 61.2 Å². The van der Waals surface area contributed by atoms with Crippen LogP contribution in [0.2, 0.25) is 0 Å². The summed E-state index contributed by atoms with van der Waals surface area (Å²) in [6, 6.07) is 15.5. The second-order valence-corrected chi connectivity index (χ2v) is 10.4. The van der Waals surface area contributed by atoms with Crippen LogP contribution in [0.5, 0.6) is 0 Å². The van der Waals surface area contributed by atoms with E-state index < -0.39 is 10.0 Å². The quantitative estimate of drug-likeness (QED) is 0.518. The van der Waals surface area contributed by atoms with Gasteiger partial charge in [-0.15, -0.1) is 0 Å². The number of benzene rings is 2. The Hall–Kier alpha value is -2.44. The van der Waals surface area contributed by atoms with E-state index in [-0.39, 0.29) is 6.04 Å². The van der Waals surface area contributed by atoms with Crippen LogP contribution in [0.1, 0.15) is 54.6 Å². The molecule has 0 aliphatic heterocycles. The molecule has 1 aromatic heterocycles. The van der Waals surface area contributed by atoms with Crippen LogP contribution in [0.3, 0.4) is 0 Å². The van der Waals surface area contributed by atoms with Crippen molar-refractivity contribution < 1.29 is 8.42 Å². The predicted molar refractivity (Wildman–Crippen MR) is 123 cm³/mol. The first kappa shape index (κ1) is 21.8. The first-order valence-corrected chi connectivity index (χ1v) is 12.5. The Balaban J connectivity index is 1.65. The lowest BCUT2D eigenvalue weighted by Gasteiger charge is -2.33. The molecule has 164 valence electrons. The number of sulfonamides is 1. The molecular weight excluding hydrogens is 406 g/mol. The molecule has 0 atom stereocenters. The summed E-state index contributed by atoms with van der Waals surface area (Å²) in [5.41, 5.74) is 3.49. The molecule has 0 N–H and O–H groups in total. The lowest BCUT2D eigenvalue weighted by Crippen LogP contribution is -2.41. The third-order valence-corrected chi connectivity index (χ3v) is 8.22. The maximum Gasteiger partial charge on any atom is 0.243 e. The Morgan fingerprint density at radius 3 is 2.42 bits per heavy atom. The molecular formula is C25H31N3O2S. The molecule has 0 saturated heterocycles. The topological polar surface area (TPSA) is 55.2 Å². The van der Waals surface area contributed by atoms with Crippen molar-refractivity contribution >= 4 is 10.0 Å². The minimum absolute atomic E-state index is 0.0173. The van der Waals surface area contributed by atoms with E-state index in [1.54, 1.807) is 22.6 Å². The highest BCUT2D eigenvalue weighted by Crippen LogP contribution is 2.29. The number of hydrogen-bond donors (Lipinski definition) is 0. The van der Waals surface area contributed by atoms with Crippen molar-refractivity contribution in [3.63, 3.8) is 0 Å². The minimum Gasteiger partial charge on any atom is -0.329 e. The van der Waals surface area contributed by atoms with Crippen molar-refractivity contribution in [2.24, 2.45) is 0 Å². The van der Waals surface area contributed by atoms with Crippen molar-refractivity contribution in [1.29, 1.82) is 0 Å². The smallest absolute Gasteiger partial charge is 0.243 e. The van der Waals surface area contributed by atoms with Crippen LogP contribution < -0.4 is 0 Å². The zero-order chi connectivity index (χ0) is 21.8. The van der Waals surface area contributed by atoms with Crippen molar-refractivity contribution in [2.75, 3.05) is 0 Å². The van der Waals surface area contributed by atoms with Crippen LogP contribution in [-0.2, 0) is 23.1 Å². The fourth-order valence-electron chi connectivity index (χ4n) is 4.37. The number of nitrogens with zero attached hydrogens (tertiary/aromatic N) is 3. The Morgan fingerprint density at radius 2 is 1.71 bits per heavy atom. The number of aromatic nitrogens is 2. The van der Waals surface area contributed by atoms with E-state index in [4.69, 9.17) is 0 Å². The van der Waals surface area contributed by atoms with Crippen LogP contribution in [0.4, 0.5) is 0 Å². The highest BCUT2D eigenvalue weighted by atomic mass is 32.2. The second kappa shape index (κ2) is 9.37. The average Bonchev–Trinajstić information content (AvgIpc) is 3.21. The van der Waals surface area contributed by atoms with Gasteiger partial charge in [0.25, 0.3) is 0 Å². The summed E-state index contributed by atoms with van der Waals surface area (Å²) in [6.07, 6.45) is 8.85. The number of imidazole rings is 1. The Kier molecular flexibility index (Phi) is 6.58. The van der Waals surface area contributed by atoms with Gasteiger partial charge in [-0.25, -0.2) is 13.4 Å². The second-order valence-electron chi connectivity index (χ2n) is 8.55. The van der Waals surface area contributed by atoms with E-state index >= 15 is 0 Å². The molecule has 0 radical (unpaired) electrons. The monoisotopic (exact) mass is 437 g/mol. The molecule has 1 fully saturated rings. The Bertz CT molecular complexity index is 1110. The lowest BCUT2D eigenvalue weighted by molar-refractivity contribution is 0.242. The molecule has 0 spiro atoms. The largest absolute Gasteiger partial charge is 0.329 e. The maximum absolute atomic E-state index is 13.7. The van der Waals surface area contributed by atoms with E-state index in [1.165, 1.54) is 17.5 Å². The minimum atomic E-state index is -3.61. The molecule has 0 amide bonds. The van der Waals surface area contributed by atoms with E-state index in [0.29, 0.717) is 18.0 Å². The van der Waals surface area contributed by atoms with Gasteiger partial charge in [-0.3, -0.25) is 0 Å². The zero-order valence-electron chi connectivity index (χ0n) is 18.4. The van der Waals surface area contributed by atoms with Gasteiger partial charge >= 0.3 is 0 Å². The Morgan fingerprint density at radius 1 is 1.00 bits per heavy atom. The van der Waals surface area contributed by atoms with Gasteiger partial charge in [0.1, 0.15) is 5.82 Å². The summed E-state index contributed by atoms with van der Waals surface area (Å²) in [5, 5.41) is 0. The van der Waals surface area contributed by atoms with Gasteiger partial charge in [0.2, 0.25) is 10.0 Å². The van der Waals surface area contributed by atoms with Gasteiger partial charge in [0.05, 0.1) is 11.4 Å². The molecule has 1 heterocycles. The van der Waals surface area contributed by atoms with Gasteiger partial charge in [0, 0.05) is 25.0 Å². The van der Waals surface area contributed by atoms with Gasteiger partial charge in [-0.05, 0) is 49.9 Å². The Labute approximate surface area is 185 Å². The van der Waals surface area contributed by atoms with Crippen LogP contribution in [0.15, 0.2) is 65.8 Å². The highest BCUT2D eigenvalue weighted by molar-refractivity contribution is 7.89. The molecule has 0 unspecified atom stereocenters. The number of rotatable bonds is 7. The SMILES string of the molecule is Cc1ccc(S(=O)(=O)N(Cc2nccn2Cc2ccccc2C)C2CCCCC2)cc1.